The number of hydrogen-bond acceptors (Lipinski definition) is 4. The number of nitrogens with one attached hydrogen (secondary N) is 1. The van der Waals surface area contributed by atoms with Crippen molar-refractivity contribution in [2.45, 2.75) is 64.0 Å². The molecule has 0 bridgehead atoms. The predicted molar refractivity (Wildman–Crippen MR) is 85.9 cm³/mol. The Morgan fingerprint density at radius 3 is 2.62 bits per heavy atom. The third kappa shape index (κ3) is 3.86. The van der Waals surface area contributed by atoms with Crippen LogP contribution in [-0.4, -0.2) is 19.6 Å². The molecule has 4 nitrogen and oxygen atoms in total. The van der Waals surface area contributed by atoms with Gasteiger partial charge in [0.15, 0.2) is 0 Å². The Labute approximate surface area is 131 Å². The van der Waals surface area contributed by atoms with Crippen LogP contribution >= 0.6 is 11.3 Å². The van der Waals surface area contributed by atoms with Crippen LogP contribution in [0.1, 0.15) is 49.3 Å². The normalized spacial score (nSPS) is 23.7. The summed E-state index contributed by atoms with van der Waals surface area (Å²) in [7, 11) is -3.50. The predicted octanol–water partition coefficient (Wildman–Crippen LogP) is 3.04. The third-order valence-corrected chi connectivity index (χ3v) is 7.13. The summed E-state index contributed by atoms with van der Waals surface area (Å²) >= 11 is 1.34. The van der Waals surface area contributed by atoms with Crippen LogP contribution in [0.4, 0.5) is 0 Å². The molecule has 1 aromatic heterocycles. The van der Waals surface area contributed by atoms with E-state index in [0.717, 1.165) is 24.1 Å². The summed E-state index contributed by atoms with van der Waals surface area (Å²) in [5.74, 6) is 0.888. The number of aliphatic hydroxyl groups is 1. The zero-order valence-corrected chi connectivity index (χ0v) is 14.6. The van der Waals surface area contributed by atoms with Crippen LogP contribution in [0, 0.1) is 18.8 Å². The standard InChI is InChI=1S/C15H25NO3S2/c1-10(2)13-6-4-5-7-14(13)16-21(18,19)15-8-12(9-17)20-11(15)3/h8,10,13-14,16-17H,4-7,9H2,1-3H3. The van der Waals surface area contributed by atoms with Crippen LogP contribution in [0.5, 0.6) is 0 Å². The molecule has 0 amide bonds. The molecule has 1 aromatic rings. The monoisotopic (exact) mass is 331 g/mol. The largest absolute Gasteiger partial charge is 0.391 e. The number of aliphatic hydroxyl groups excluding tert-OH is 1. The van der Waals surface area contributed by atoms with Gasteiger partial charge < -0.3 is 5.11 Å². The molecule has 0 spiro atoms. The summed E-state index contributed by atoms with van der Waals surface area (Å²) in [6.45, 7) is 6.01. The summed E-state index contributed by atoms with van der Waals surface area (Å²) in [4.78, 5) is 1.75. The van der Waals surface area contributed by atoms with Gasteiger partial charge in [0.25, 0.3) is 0 Å². The Morgan fingerprint density at radius 1 is 1.38 bits per heavy atom. The summed E-state index contributed by atoms with van der Waals surface area (Å²) in [5.41, 5.74) is 0. The van der Waals surface area contributed by atoms with E-state index in [1.165, 1.54) is 17.8 Å². The molecule has 120 valence electrons. The first-order valence-corrected chi connectivity index (χ1v) is 9.87. The number of rotatable bonds is 5. The molecule has 1 aliphatic rings. The first kappa shape index (κ1) is 16.9. The minimum atomic E-state index is -3.50. The number of aryl methyl sites for hydroxylation is 1. The highest BCUT2D eigenvalue weighted by Gasteiger charge is 2.32. The van der Waals surface area contributed by atoms with Crippen molar-refractivity contribution in [2.24, 2.45) is 11.8 Å². The van der Waals surface area contributed by atoms with Gasteiger partial charge in [0, 0.05) is 15.8 Å². The van der Waals surface area contributed by atoms with Gasteiger partial charge in [0.2, 0.25) is 10.0 Å². The summed E-state index contributed by atoms with van der Waals surface area (Å²) in [5, 5.41) is 9.17. The highest BCUT2D eigenvalue weighted by atomic mass is 32.2. The van der Waals surface area contributed by atoms with Crippen LogP contribution in [0.2, 0.25) is 0 Å². The van der Waals surface area contributed by atoms with Gasteiger partial charge in [0.1, 0.15) is 0 Å². The second kappa shape index (κ2) is 6.77. The van der Waals surface area contributed by atoms with E-state index in [2.05, 4.69) is 18.6 Å². The Kier molecular flexibility index (Phi) is 5.46. The average molecular weight is 332 g/mol. The highest BCUT2D eigenvalue weighted by molar-refractivity contribution is 7.89. The van der Waals surface area contributed by atoms with Crippen molar-refractivity contribution in [3.63, 3.8) is 0 Å². The Hall–Kier alpha value is -0.430. The van der Waals surface area contributed by atoms with E-state index in [0.29, 0.717) is 21.6 Å². The molecule has 2 atom stereocenters. The van der Waals surface area contributed by atoms with Crippen molar-refractivity contribution in [1.82, 2.24) is 4.72 Å². The Balaban J connectivity index is 2.21. The quantitative estimate of drug-likeness (QED) is 0.871. The van der Waals surface area contributed by atoms with Gasteiger partial charge in [-0.05, 0) is 37.7 Å². The van der Waals surface area contributed by atoms with Gasteiger partial charge in [-0.3, -0.25) is 0 Å². The van der Waals surface area contributed by atoms with Gasteiger partial charge in [-0.2, -0.15) is 0 Å². The molecule has 1 fully saturated rings. The fourth-order valence-electron chi connectivity index (χ4n) is 3.24. The molecule has 2 N–H and O–H groups in total. The summed E-state index contributed by atoms with van der Waals surface area (Å²) < 4.78 is 28.2. The maximum atomic E-state index is 12.6. The van der Waals surface area contributed by atoms with E-state index in [-0.39, 0.29) is 12.6 Å². The van der Waals surface area contributed by atoms with E-state index in [9.17, 15) is 13.5 Å². The van der Waals surface area contributed by atoms with Gasteiger partial charge in [-0.15, -0.1) is 11.3 Å². The van der Waals surface area contributed by atoms with Crippen LogP contribution in [0.15, 0.2) is 11.0 Å². The molecule has 0 aromatic carbocycles. The topological polar surface area (TPSA) is 66.4 Å². The molecular weight excluding hydrogens is 306 g/mol. The van der Waals surface area contributed by atoms with Gasteiger partial charge in [-0.1, -0.05) is 26.7 Å². The fourth-order valence-corrected chi connectivity index (χ4v) is 6.05. The number of sulfonamides is 1. The SMILES string of the molecule is Cc1sc(CO)cc1S(=O)(=O)NC1CCCCC1C(C)C. The third-order valence-electron chi connectivity index (χ3n) is 4.35. The summed E-state index contributed by atoms with van der Waals surface area (Å²) in [6.07, 6.45) is 4.28. The van der Waals surface area contributed by atoms with E-state index >= 15 is 0 Å². The van der Waals surface area contributed by atoms with Crippen molar-refractivity contribution >= 4 is 21.4 Å². The minimum Gasteiger partial charge on any atom is -0.391 e. The van der Waals surface area contributed by atoms with E-state index in [1.54, 1.807) is 13.0 Å². The van der Waals surface area contributed by atoms with Crippen molar-refractivity contribution in [2.75, 3.05) is 0 Å². The second-order valence-electron chi connectivity index (χ2n) is 6.21. The maximum absolute atomic E-state index is 12.6. The summed E-state index contributed by atoms with van der Waals surface area (Å²) in [6, 6.07) is 1.62. The van der Waals surface area contributed by atoms with E-state index in [4.69, 9.17) is 0 Å². The van der Waals surface area contributed by atoms with Crippen LogP contribution in [0.25, 0.3) is 0 Å². The fraction of sp³-hybridized carbons (Fsp3) is 0.733. The lowest BCUT2D eigenvalue weighted by molar-refractivity contribution is 0.226. The molecule has 0 aliphatic heterocycles. The first-order chi connectivity index (χ1) is 9.85. The molecule has 1 saturated carbocycles. The lowest BCUT2D eigenvalue weighted by Crippen LogP contribution is -2.43. The second-order valence-corrected chi connectivity index (χ2v) is 9.23. The lowest BCUT2D eigenvalue weighted by atomic mass is 9.78. The molecular formula is C15H25NO3S2. The Morgan fingerprint density at radius 2 is 2.05 bits per heavy atom. The molecule has 21 heavy (non-hydrogen) atoms. The minimum absolute atomic E-state index is 0.0284. The maximum Gasteiger partial charge on any atom is 0.241 e. The van der Waals surface area contributed by atoms with Gasteiger partial charge in [-0.25, -0.2) is 13.1 Å². The molecule has 2 rings (SSSR count). The molecule has 1 aliphatic carbocycles. The lowest BCUT2D eigenvalue weighted by Gasteiger charge is -2.34. The molecule has 0 saturated heterocycles. The van der Waals surface area contributed by atoms with Gasteiger partial charge in [0.05, 0.1) is 11.5 Å². The van der Waals surface area contributed by atoms with Crippen molar-refractivity contribution in [1.29, 1.82) is 0 Å². The van der Waals surface area contributed by atoms with E-state index < -0.39 is 10.0 Å². The first-order valence-electron chi connectivity index (χ1n) is 7.57. The molecule has 6 heteroatoms. The number of thiophene rings is 1. The Bertz CT molecular complexity index is 578. The van der Waals surface area contributed by atoms with Crippen molar-refractivity contribution in [3.8, 4) is 0 Å². The zero-order chi connectivity index (χ0) is 15.6. The smallest absolute Gasteiger partial charge is 0.241 e. The van der Waals surface area contributed by atoms with Crippen molar-refractivity contribution in [3.05, 3.63) is 15.8 Å². The highest BCUT2D eigenvalue weighted by Crippen LogP contribution is 2.32. The molecule has 1 heterocycles. The van der Waals surface area contributed by atoms with Crippen LogP contribution < -0.4 is 4.72 Å². The molecule has 0 radical (unpaired) electrons. The zero-order valence-electron chi connectivity index (χ0n) is 12.9. The molecule has 2 unspecified atom stereocenters. The van der Waals surface area contributed by atoms with Gasteiger partial charge >= 0.3 is 0 Å². The van der Waals surface area contributed by atoms with Crippen LogP contribution in [-0.2, 0) is 16.6 Å². The van der Waals surface area contributed by atoms with Crippen molar-refractivity contribution < 1.29 is 13.5 Å². The van der Waals surface area contributed by atoms with Crippen LogP contribution in [0.3, 0.4) is 0 Å². The average Bonchev–Trinajstić information content (AvgIpc) is 2.81. The number of hydrogen-bond donors (Lipinski definition) is 2. The van der Waals surface area contributed by atoms with E-state index in [1.807, 2.05) is 0 Å².